The Bertz CT molecular complexity index is 501. The molecule has 0 aliphatic heterocycles. The predicted octanol–water partition coefficient (Wildman–Crippen LogP) is 2.50. The molecule has 106 valence electrons. The van der Waals surface area contributed by atoms with E-state index in [-0.39, 0.29) is 12.5 Å². The van der Waals surface area contributed by atoms with E-state index < -0.39 is 6.10 Å². The lowest BCUT2D eigenvalue weighted by Gasteiger charge is -2.07. The van der Waals surface area contributed by atoms with E-state index in [0.29, 0.717) is 12.0 Å². The third-order valence-electron chi connectivity index (χ3n) is 2.68. The quantitative estimate of drug-likeness (QED) is 0.749. The zero-order valence-electron chi connectivity index (χ0n) is 11.7. The molecule has 1 rings (SSSR count). The van der Waals surface area contributed by atoms with Gasteiger partial charge in [0.15, 0.2) is 0 Å². The summed E-state index contributed by atoms with van der Waals surface area (Å²) < 4.78 is 0. The lowest BCUT2D eigenvalue weighted by Crippen LogP contribution is -2.30. The van der Waals surface area contributed by atoms with Gasteiger partial charge in [-0.1, -0.05) is 24.3 Å². The molecule has 0 saturated carbocycles. The van der Waals surface area contributed by atoms with Gasteiger partial charge in [0.25, 0.3) is 5.91 Å². The van der Waals surface area contributed by atoms with E-state index in [1.807, 2.05) is 24.3 Å². The van der Waals surface area contributed by atoms with Crippen LogP contribution in [0.4, 0.5) is 0 Å². The minimum absolute atomic E-state index is 0.189. The van der Waals surface area contributed by atoms with E-state index in [0.717, 1.165) is 18.4 Å². The van der Waals surface area contributed by atoms with Crippen LogP contribution < -0.4 is 5.32 Å². The van der Waals surface area contributed by atoms with Gasteiger partial charge >= 0.3 is 0 Å². The van der Waals surface area contributed by atoms with Crippen LogP contribution in [0.25, 0.3) is 6.08 Å². The highest BCUT2D eigenvalue weighted by Gasteiger charge is 2.06. The molecule has 0 fully saturated rings. The van der Waals surface area contributed by atoms with Gasteiger partial charge in [-0.2, -0.15) is 5.26 Å². The van der Waals surface area contributed by atoms with Crippen molar-refractivity contribution in [2.75, 3.05) is 6.54 Å². The van der Waals surface area contributed by atoms with Crippen molar-refractivity contribution in [3.8, 4) is 6.07 Å². The van der Waals surface area contributed by atoms with Crippen molar-refractivity contribution in [2.24, 2.45) is 0 Å². The Labute approximate surface area is 119 Å². The summed E-state index contributed by atoms with van der Waals surface area (Å²) in [6.45, 7) is 1.87. The molecule has 20 heavy (non-hydrogen) atoms. The molecule has 0 aromatic heterocycles. The highest BCUT2D eigenvalue weighted by Crippen LogP contribution is 2.08. The molecule has 2 N–H and O–H groups in total. The van der Waals surface area contributed by atoms with Crippen LogP contribution >= 0.6 is 0 Å². The number of benzene rings is 1. The van der Waals surface area contributed by atoms with Crippen LogP contribution in [0.2, 0.25) is 0 Å². The number of nitriles is 1. The summed E-state index contributed by atoms with van der Waals surface area (Å²) in [5.74, 6) is -0.189. The van der Waals surface area contributed by atoms with Crippen molar-refractivity contribution in [3.63, 3.8) is 0 Å². The highest BCUT2D eigenvalue weighted by molar-refractivity contribution is 5.94. The molecule has 1 atom stereocenters. The molecule has 1 aromatic rings. The summed E-state index contributed by atoms with van der Waals surface area (Å²) >= 11 is 0. The SMILES string of the molecule is CC(O)CNC(=O)c1cccc(C=CCCCC#N)c1. The fraction of sp³-hybridized carbons (Fsp3) is 0.375. The number of nitrogens with zero attached hydrogens (tertiary/aromatic N) is 1. The largest absolute Gasteiger partial charge is 0.392 e. The maximum atomic E-state index is 11.8. The molecule has 4 nitrogen and oxygen atoms in total. The fourth-order valence-corrected chi connectivity index (χ4v) is 1.64. The molecule has 1 amide bonds. The van der Waals surface area contributed by atoms with Gasteiger partial charge in [0, 0.05) is 18.5 Å². The van der Waals surface area contributed by atoms with E-state index in [4.69, 9.17) is 10.4 Å². The zero-order chi connectivity index (χ0) is 14.8. The number of rotatable bonds is 7. The maximum Gasteiger partial charge on any atom is 0.251 e. The van der Waals surface area contributed by atoms with E-state index in [1.54, 1.807) is 19.1 Å². The number of hydrogen-bond donors (Lipinski definition) is 2. The van der Waals surface area contributed by atoms with Gasteiger partial charge in [0.2, 0.25) is 0 Å². The lowest BCUT2D eigenvalue weighted by atomic mass is 10.1. The molecule has 1 aromatic carbocycles. The number of aliphatic hydroxyl groups is 1. The monoisotopic (exact) mass is 272 g/mol. The van der Waals surface area contributed by atoms with Crippen LogP contribution in [0, 0.1) is 11.3 Å². The maximum absolute atomic E-state index is 11.8. The minimum atomic E-state index is -0.554. The number of carbonyl (C=O) groups is 1. The van der Waals surface area contributed by atoms with E-state index in [1.165, 1.54) is 0 Å². The number of nitrogens with one attached hydrogen (secondary N) is 1. The second-order valence-electron chi connectivity index (χ2n) is 4.64. The standard InChI is InChI=1S/C16H20N2O2/c1-13(19)12-18-16(20)15-9-6-8-14(11-15)7-4-2-3-5-10-17/h4,6-9,11,13,19H,2-3,5,12H2,1H3,(H,18,20). The molecule has 0 radical (unpaired) electrons. The van der Waals surface area contributed by atoms with Gasteiger partial charge in [-0.05, 0) is 37.5 Å². The molecule has 0 spiro atoms. The first-order valence-electron chi connectivity index (χ1n) is 6.73. The van der Waals surface area contributed by atoms with Crippen molar-refractivity contribution in [1.29, 1.82) is 5.26 Å². The van der Waals surface area contributed by atoms with Crippen LogP contribution in [0.15, 0.2) is 30.3 Å². The predicted molar refractivity (Wildman–Crippen MR) is 79.0 cm³/mol. The fourth-order valence-electron chi connectivity index (χ4n) is 1.64. The first kappa shape index (κ1) is 15.9. The summed E-state index contributed by atoms with van der Waals surface area (Å²) in [7, 11) is 0. The average molecular weight is 272 g/mol. The number of carbonyl (C=O) groups excluding carboxylic acids is 1. The number of unbranched alkanes of at least 4 members (excludes halogenated alkanes) is 2. The van der Waals surface area contributed by atoms with Crippen molar-refractivity contribution >= 4 is 12.0 Å². The Hall–Kier alpha value is -2.12. The third kappa shape index (κ3) is 6.17. The van der Waals surface area contributed by atoms with Gasteiger partial charge in [-0.15, -0.1) is 0 Å². The van der Waals surface area contributed by atoms with E-state index in [2.05, 4.69) is 11.4 Å². The van der Waals surface area contributed by atoms with Crippen LogP contribution in [-0.4, -0.2) is 23.7 Å². The van der Waals surface area contributed by atoms with Crippen LogP contribution in [0.3, 0.4) is 0 Å². The number of allylic oxidation sites excluding steroid dienone is 1. The van der Waals surface area contributed by atoms with Crippen molar-refractivity contribution in [3.05, 3.63) is 41.5 Å². The Morgan fingerprint density at radius 3 is 3.05 bits per heavy atom. The molecular weight excluding hydrogens is 252 g/mol. The van der Waals surface area contributed by atoms with Crippen molar-refractivity contribution in [1.82, 2.24) is 5.32 Å². The number of hydrogen-bond acceptors (Lipinski definition) is 3. The minimum Gasteiger partial charge on any atom is -0.392 e. The highest BCUT2D eigenvalue weighted by atomic mass is 16.3. The summed E-state index contributed by atoms with van der Waals surface area (Å²) in [4.78, 5) is 11.8. The molecule has 0 aliphatic carbocycles. The van der Waals surface area contributed by atoms with Crippen LogP contribution in [0.1, 0.15) is 42.1 Å². The van der Waals surface area contributed by atoms with Gasteiger partial charge in [-0.25, -0.2) is 0 Å². The summed E-state index contributed by atoms with van der Waals surface area (Å²) in [6.07, 6.45) is 5.66. The molecule has 0 bridgehead atoms. The van der Waals surface area contributed by atoms with E-state index in [9.17, 15) is 4.79 Å². The van der Waals surface area contributed by atoms with Gasteiger partial charge in [-0.3, -0.25) is 4.79 Å². The van der Waals surface area contributed by atoms with Crippen molar-refractivity contribution in [2.45, 2.75) is 32.3 Å². The molecule has 1 unspecified atom stereocenters. The molecule has 0 aliphatic rings. The first-order valence-corrected chi connectivity index (χ1v) is 6.73. The van der Waals surface area contributed by atoms with Crippen LogP contribution in [-0.2, 0) is 0 Å². The zero-order valence-corrected chi connectivity index (χ0v) is 11.7. The second kappa shape index (κ2) is 8.89. The molecule has 4 heteroatoms. The summed E-state index contributed by atoms with van der Waals surface area (Å²) in [5.41, 5.74) is 1.52. The molecular formula is C16H20N2O2. The second-order valence-corrected chi connectivity index (χ2v) is 4.64. The number of amides is 1. The summed E-state index contributed by atoms with van der Waals surface area (Å²) in [6, 6.07) is 9.40. The third-order valence-corrected chi connectivity index (χ3v) is 2.68. The molecule has 0 saturated heterocycles. The Morgan fingerprint density at radius 2 is 2.35 bits per heavy atom. The van der Waals surface area contributed by atoms with Gasteiger partial charge in [0.1, 0.15) is 0 Å². The lowest BCUT2D eigenvalue weighted by molar-refractivity contribution is 0.0924. The smallest absolute Gasteiger partial charge is 0.251 e. The topological polar surface area (TPSA) is 73.1 Å². The number of aliphatic hydroxyl groups excluding tert-OH is 1. The van der Waals surface area contributed by atoms with E-state index >= 15 is 0 Å². The van der Waals surface area contributed by atoms with Crippen LogP contribution in [0.5, 0.6) is 0 Å². The summed E-state index contributed by atoms with van der Waals surface area (Å²) in [5, 5.41) is 20.2. The van der Waals surface area contributed by atoms with Gasteiger partial charge < -0.3 is 10.4 Å². The molecule has 0 heterocycles. The Kier molecular flexibility index (Phi) is 7.08. The average Bonchev–Trinajstić information content (AvgIpc) is 2.45. The first-order chi connectivity index (χ1) is 9.63. The Balaban J connectivity index is 2.57. The normalized spacial score (nSPS) is 12.1. The Morgan fingerprint density at radius 1 is 1.55 bits per heavy atom. The van der Waals surface area contributed by atoms with Gasteiger partial charge in [0.05, 0.1) is 12.2 Å². The van der Waals surface area contributed by atoms with Crippen molar-refractivity contribution < 1.29 is 9.90 Å².